The molecule has 4 aromatic rings. The first-order chi connectivity index (χ1) is 13.7. The van der Waals surface area contributed by atoms with E-state index >= 15 is 0 Å². The lowest BCUT2D eigenvalue weighted by Crippen LogP contribution is -2.06. The number of methoxy groups -OCH3 is 2. The number of benzene rings is 2. The van der Waals surface area contributed by atoms with Gasteiger partial charge in [0, 0.05) is 17.2 Å². The summed E-state index contributed by atoms with van der Waals surface area (Å²) >= 11 is 0. The number of ether oxygens (including phenoxy) is 2. The van der Waals surface area contributed by atoms with Gasteiger partial charge in [0.2, 0.25) is 0 Å². The molecule has 0 aliphatic rings. The summed E-state index contributed by atoms with van der Waals surface area (Å²) < 4.78 is 10.5. The van der Waals surface area contributed by atoms with Crippen LogP contribution in [0.15, 0.2) is 65.5 Å². The van der Waals surface area contributed by atoms with E-state index in [4.69, 9.17) is 9.47 Å². The lowest BCUT2D eigenvalue weighted by molar-refractivity contribution is 0.415. The summed E-state index contributed by atoms with van der Waals surface area (Å²) in [6, 6.07) is 18.4. The largest absolute Gasteiger partial charge is 0.497 e. The monoisotopic (exact) mass is 374 g/mol. The van der Waals surface area contributed by atoms with Gasteiger partial charge in [-0.25, -0.2) is 5.10 Å². The second-order valence-electron chi connectivity index (χ2n) is 6.09. The second kappa shape index (κ2) is 7.40. The average molecular weight is 374 g/mol. The van der Waals surface area contributed by atoms with Gasteiger partial charge in [-0.15, -0.1) is 0 Å². The molecular formula is C21H18N4O3. The Bertz CT molecular complexity index is 1060. The van der Waals surface area contributed by atoms with E-state index < -0.39 is 0 Å². The average Bonchev–Trinajstić information content (AvgIpc) is 3.19. The summed E-state index contributed by atoms with van der Waals surface area (Å²) in [5, 5.41) is 14.4. The quantitative estimate of drug-likeness (QED) is 0.558. The van der Waals surface area contributed by atoms with E-state index in [0.717, 1.165) is 39.6 Å². The molecule has 0 saturated carbocycles. The van der Waals surface area contributed by atoms with E-state index in [9.17, 15) is 4.79 Å². The number of hydrogen-bond acceptors (Lipinski definition) is 5. The van der Waals surface area contributed by atoms with Crippen molar-refractivity contribution < 1.29 is 9.47 Å². The zero-order valence-corrected chi connectivity index (χ0v) is 15.4. The van der Waals surface area contributed by atoms with Crippen LogP contribution in [0.2, 0.25) is 0 Å². The van der Waals surface area contributed by atoms with Crippen molar-refractivity contribution in [3.63, 3.8) is 0 Å². The molecule has 0 fully saturated rings. The lowest BCUT2D eigenvalue weighted by atomic mass is 9.99. The van der Waals surface area contributed by atoms with Crippen molar-refractivity contribution in [3.8, 4) is 45.3 Å². The van der Waals surface area contributed by atoms with E-state index in [2.05, 4.69) is 20.4 Å². The Balaban J connectivity index is 1.89. The summed E-state index contributed by atoms with van der Waals surface area (Å²) in [5.74, 6) is 1.53. The fourth-order valence-corrected chi connectivity index (χ4v) is 3.00. The zero-order valence-electron chi connectivity index (χ0n) is 15.4. The van der Waals surface area contributed by atoms with Gasteiger partial charge in [0.05, 0.1) is 31.2 Å². The van der Waals surface area contributed by atoms with Crippen molar-refractivity contribution in [1.29, 1.82) is 0 Å². The molecule has 4 rings (SSSR count). The normalized spacial score (nSPS) is 10.6. The van der Waals surface area contributed by atoms with Gasteiger partial charge in [-0.2, -0.15) is 10.2 Å². The molecule has 28 heavy (non-hydrogen) atoms. The van der Waals surface area contributed by atoms with E-state index in [1.54, 1.807) is 20.3 Å². The zero-order chi connectivity index (χ0) is 19.5. The number of aromatic nitrogens is 4. The molecule has 7 nitrogen and oxygen atoms in total. The fourth-order valence-electron chi connectivity index (χ4n) is 3.00. The lowest BCUT2D eigenvalue weighted by Gasteiger charge is -2.07. The number of nitrogens with zero attached hydrogens (tertiary/aromatic N) is 2. The summed E-state index contributed by atoms with van der Waals surface area (Å²) in [6.45, 7) is 0. The Morgan fingerprint density at radius 3 is 1.86 bits per heavy atom. The number of aromatic amines is 2. The van der Waals surface area contributed by atoms with Crippen molar-refractivity contribution in [1.82, 2.24) is 20.4 Å². The molecule has 140 valence electrons. The first-order valence-electron chi connectivity index (χ1n) is 8.63. The molecule has 0 amide bonds. The van der Waals surface area contributed by atoms with Crippen molar-refractivity contribution >= 4 is 0 Å². The molecule has 0 aliphatic heterocycles. The highest BCUT2D eigenvalue weighted by Gasteiger charge is 2.19. The summed E-state index contributed by atoms with van der Waals surface area (Å²) in [7, 11) is 3.25. The van der Waals surface area contributed by atoms with Crippen molar-refractivity contribution in [2.24, 2.45) is 0 Å². The molecule has 2 heterocycles. The molecule has 2 N–H and O–H groups in total. The number of rotatable bonds is 5. The van der Waals surface area contributed by atoms with Crippen LogP contribution in [-0.4, -0.2) is 34.6 Å². The van der Waals surface area contributed by atoms with Gasteiger partial charge in [-0.1, -0.05) is 0 Å². The Kier molecular flexibility index (Phi) is 4.63. The van der Waals surface area contributed by atoms with Crippen LogP contribution >= 0.6 is 0 Å². The predicted octanol–water partition coefficient (Wildman–Crippen LogP) is 3.51. The molecule has 0 saturated heterocycles. The SMILES string of the molecule is COc1ccc(-c2n[nH]c(-c3ccc(OC)cc3)c2-c2ccc(=O)[nH]n2)cc1. The van der Waals surface area contributed by atoms with Crippen LogP contribution in [-0.2, 0) is 0 Å². The number of nitrogens with one attached hydrogen (secondary N) is 2. The molecule has 0 bridgehead atoms. The van der Waals surface area contributed by atoms with Crippen LogP contribution in [0, 0.1) is 0 Å². The van der Waals surface area contributed by atoms with Gasteiger partial charge in [0.25, 0.3) is 5.56 Å². The molecule has 0 aliphatic carbocycles. The molecule has 2 aromatic heterocycles. The Hall–Kier alpha value is -3.87. The molecule has 2 aromatic carbocycles. The number of H-pyrrole nitrogens is 2. The van der Waals surface area contributed by atoms with Crippen LogP contribution in [0.5, 0.6) is 11.5 Å². The topological polar surface area (TPSA) is 92.9 Å². The highest BCUT2D eigenvalue weighted by Crippen LogP contribution is 2.37. The van der Waals surface area contributed by atoms with E-state index in [1.165, 1.54) is 6.07 Å². The first kappa shape index (κ1) is 17.5. The van der Waals surface area contributed by atoms with Crippen molar-refractivity contribution in [2.75, 3.05) is 14.2 Å². The van der Waals surface area contributed by atoms with Gasteiger partial charge < -0.3 is 9.47 Å². The van der Waals surface area contributed by atoms with Crippen molar-refractivity contribution in [2.45, 2.75) is 0 Å². The first-order valence-corrected chi connectivity index (χ1v) is 8.63. The maximum absolute atomic E-state index is 11.5. The molecule has 0 unspecified atom stereocenters. The van der Waals surface area contributed by atoms with Crippen LogP contribution in [0.4, 0.5) is 0 Å². The highest BCUT2D eigenvalue weighted by atomic mass is 16.5. The second-order valence-corrected chi connectivity index (χ2v) is 6.09. The van der Waals surface area contributed by atoms with Gasteiger partial charge in [0.1, 0.15) is 17.2 Å². The minimum atomic E-state index is -0.260. The van der Waals surface area contributed by atoms with Gasteiger partial charge in [-0.3, -0.25) is 9.89 Å². The van der Waals surface area contributed by atoms with Crippen LogP contribution in [0.25, 0.3) is 33.8 Å². The Labute approximate surface area is 161 Å². The summed E-state index contributed by atoms with van der Waals surface area (Å²) in [4.78, 5) is 11.5. The van der Waals surface area contributed by atoms with E-state index in [-0.39, 0.29) is 5.56 Å². The summed E-state index contributed by atoms with van der Waals surface area (Å²) in [6.07, 6.45) is 0. The van der Waals surface area contributed by atoms with Gasteiger partial charge in [0.15, 0.2) is 0 Å². The standard InChI is InChI=1S/C21H18N4O3/c1-27-15-7-3-13(4-8-15)20-19(17-11-12-18(26)23-22-17)21(25-24-20)14-5-9-16(28-2)10-6-14/h3-12H,1-2H3,(H,23,26)(H,24,25). The van der Waals surface area contributed by atoms with Crippen LogP contribution in [0.1, 0.15) is 0 Å². The molecule has 7 heteroatoms. The Morgan fingerprint density at radius 2 is 1.32 bits per heavy atom. The smallest absolute Gasteiger partial charge is 0.264 e. The van der Waals surface area contributed by atoms with E-state index in [0.29, 0.717) is 5.69 Å². The summed E-state index contributed by atoms with van der Waals surface area (Å²) in [5.41, 5.74) is 4.51. The highest BCUT2D eigenvalue weighted by molar-refractivity contribution is 5.90. The molecule has 0 atom stereocenters. The molecule has 0 spiro atoms. The van der Waals surface area contributed by atoms with Crippen LogP contribution in [0.3, 0.4) is 0 Å². The minimum absolute atomic E-state index is 0.260. The third kappa shape index (κ3) is 3.25. The van der Waals surface area contributed by atoms with Gasteiger partial charge in [-0.05, 0) is 54.6 Å². The predicted molar refractivity (Wildman–Crippen MR) is 106 cm³/mol. The van der Waals surface area contributed by atoms with Crippen molar-refractivity contribution in [3.05, 3.63) is 71.0 Å². The third-order valence-corrected chi connectivity index (χ3v) is 4.44. The minimum Gasteiger partial charge on any atom is -0.497 e. The Morgan fingerprint density at radius 1 is 0.714 bits per heavy atom. The molecule has 0 radical (unpaired) electrons. The van der Waals surface area contributed by atoms with Gasteiger partial charge >= 0.3 is 0 Å². The van der Waals surface area contributed by atoms with Crippen LogP contribution < -0.4 is 15.0 Å². The maximum Gasteiger partial charge on any atom is 0.264 e. The number of hydrogen-bond donors (Lipinski definition) is 2. The molecular weight excluding hydrogens is 356 g/mol. The maximum atomic E-state index is 11.5. The third-order valence-electron chi connectivity index (χ3n) is 4.44. The van der Waals surface area contributed by atoms with E-state index in [1.807, 2.05) is 48.5 Å². The fraction of sp³-hybridized carbons (Fsp3) is 0.0952.